The number of aromatic nitrogens is 3. The molecule has 2 aliphatic heterocycles. The molecule has 0 radical (unpaired) electrons. The summed E-state index contributed by atoms with van der Waals surface area (Å²) in [7, 11) is -3.64. The van der Waals surface area contributed by atoms with Crippen molar-refractivity contribution < 1.29 is 13.2 Å². The topological polar surface area (TPSA) is 105 Å². The highest BCUT2D eigenvalue weighted by molar-refractivity contribution is 7.89. The number of rotatable bonds is 7. The summed E-state index contributed by atoms with van der Waals surface area (Å²) in [6.45, 7) is 7.45. The summed E-state index contributed by atoms with van der Waals surface area (Å²) in [6.07, 6.45) is 3.96. The van der Waals surface area contributed by atoms with Crippen LogP contribution in [-0.2, 0) is 14.8 Å². The Bertz CT molecular complexity index is 1390. The van der Waals surface area contributed by atoms with Gasteiger partial charge in [-0.1, -0.05) is 11.6 Å². The number of nitrogens with zero attached hydrogens (tertiary/aromatic N) is 6. The van der Waals surface area contributed by atoms with E-state index < -0.39 is 10.0 Å². The van der Waals surface area contributed by atoms with Crippen molar-refractivity contribution >= 4 is 39.3 Å². The molecule has 5 rings (SSSR count). The Morgan fingerprint density at radius 1 is 1.00 bits per heavy atom. The number of nitrogens with one attached hydrogen (secondary N) is 1. The number of halogens is 1. The maximum Gasteiger partial charge on any atom is 0.243 e. The van der Waals surface area contributed by atoms with Crippen LogP contribution in [0.5, 0.6) is 0 Å². The van der Waals surface area contributed by atoms with Crippen molar-refractivity contribution in [1.29, 1.82) is 0 Å². The fraction of sp³-hybridized carbons (Fsp3) is 0.400. The van der Waals surface area contributed by atoms with Crippen LogP contribution in [0.1, 0.15) is 29.8 Å². The van der Waals surface area contributed by atoms with Crippen molar-refractivity contribution in [3.63, 3.8) is 0 Å². The molecule has 1 N–H and O–H groups in total. The molecule has 10 nitrogen and oxygen atoms in total. The Labute approximate surface area is 221 Å². The van der Waals surface area contributed by atoms with Gasteiger partial charge in [-0.05, 0) is 63.1 Å². The molecule has 1 aromatic carbocycles. The monoisotopic (exact) mass is 543 g/mol. The number of morpholine rings is 1. The normalized spacial score (nSPS) is 17.1. The van der Waals surface area contributed by atoms with Crippen molar-refractivity contribution in [2.75, 3.05) is 49.7 Å². The third-order valence-corrected chi connectivity index (χ3v) is 8.82. The molecule has 4 heterocycles. The molecular formula is C25H30ClN7O3S. The Morgan fingerprint density at radius 3 is 2.46 bits per heavy atom. The number of aryl methyl sites for hydroxylation is 1. The molecule has 2 aliphatic rings. The molecule has 2 fully saturated rings. The van der Waals surface area contributed by atoms with Gasteiger partial charge in [-0.15, -0.1) is 10.2 Å². The third kappa shape index (κ3) is 5.35. The summed E-state index contributed by atoms with van der Waals surface area (Å²) < 4.78 is 35.9. The lowest BCUT2D eigenvalue weighted by Gasteiger charge is -2.28. The molecule has 0 saturated carbocycles. The van der Waals surface area contributed by atoms with Gasteiger partial charge in [-0.2, -0.15) is 9.41 Å². The average Bonchev–Trinajstić information content (AvgIpc) is 3.53. The number of ether oxygens (including phenoxy) is 1. The predicted octanol–water partition coefficient (Wildman–Crippen LogP) is 3.60. The first-order chi connectivity index (χ1) is 17.8. The zero-order valence-electron chi connectivity index (χ0n) is 20.9. The molecule has 0 spiro atoms. The Morgan fingerprint density at radius 2 is 1.76 bits per heavy atom. The first kappa shape index (κ1) is 25.7. The second-order valence-corrected chi connectivity index (χ2v) is 11.5. The summed E-state index contributed by atoms with van der Waals surface area (Å²) in [4.78, 5) is 2.62. The third-order valence-electron chi connectivity index (χ3n) is 6.73. The fourth-order valence-corrected chi connectivity index (χ4v) is 6.37. The Hall–Kier alpha value is -2.99. The second kappa shape index (κ2) is 10.8. The van der Waals surface area contributed by atoms with Gasteiger partial charge < -0.3 is 14.2 Å². The minimum Gasteiger partial charge on any atom is -0.379 e. The lowest BCUT2D eigenvalue weighted by Crippen LogP contribution is -2.40. The van der Waals surface area contributed by atoms with Crippen LogP contribution in [-0.4, -0.2) is 73.1 Å². The van der Waals surface area contributed by atoms with Gasteiger partial charge in [0.25, 0.3) is 0 Å². The van der Waals surface area contributed by atoms with Crippen LogP contribution < -0.4 is 10.3 Å². The Kier molecular flexibility index (Phi) is 7.47. The summed E-state index contributed by atoms with van der Waals surface area (Å²) >= 11 is 5.79. The van der Waals surface area contributed by atoms with Crippen molar-refractivity contribution in [2.24, 2.45) is 5.10 Å². The van der Waals surface area contributed by atoms with Gasteiger partial charge in [-0.25, -0.2) is 8.42 Å². The minimum atomic E-state index is -3.64. The van der Waals surface area contributed by atoms with Crippen LogP contribution in [0.25, 0.3) is 5.69 Å². The van der Waals surface area contributed by atoms with E-state index in [2.05, 4.69) is 30.2 Å². The van der Waals surface area contributed by atoms with E-state index in [1.54, 1.807) is 30.5 Å². The van der Waals surface area contributed by atoms with E-state index in [-0.39, 0.29) is 4.90 Å². The highest BCUT2D eigenvalue weighted by atomic mass is 35.5. The number of sulfonamides is 1. The van der Waals surface area contributed by atoms with Gasteiger partial charge in [-0.3, -0.25) is 5.43 Å². The highest BCUT2D eigenvalue weighted by Crippen LogP contribution is 2.34. The second-order valence-electron chi connectivity index (χ2n) is 9.13. The van der Waals surface area contributed by atoms with Crippen LogP contribution >= 0.6 is 11.6 Å². The number of anilines is 2. The number of benzene rings is 1. The maximum atomic E-state index is 13.5. The molecule has 0 amide bonds. The van der Waals surface area contributed by atoms with Crippen molar-refractivity contribution in [3.05, 3.63) is 58.5 Å². The first-order valence-electron chi connectivity index (χ1n) is 12.3. The number of hydrogen-bond donors (Lipinski definition) is 1. The number of hydrazone groups is 1. The van der Waals surface area contributed by atoms with E-state index in [0.717, 1.165) is 54.3 Å². The molecule has 0 unspecified atom stereocenters. The summed E-state index contributed by atoms with van der Waals surface area (Å²) in [5.41, 5.74) is 7.57. The number of hydrogen-bond acceptors (Lipinski definition) is 8. The van der Waals surface area contributed by atoms with E-state index in [4.69, 9.17) is 16.3 Å². The average molecular weight is 544 g/mol. The van der Waals surface area contributed by atoms with Crippen LogP contribution in [0.2, 0.25) is 5.15 Å². The first-order valence-corrected chi connectivity index (χ1v) is 14.1. The molecule has 0 bridgehead atoms. The van der Waals surface area contributed by atoms with E-state index >= 15 is 0 Å². The molecule has 12 heteroatoms. The zero-order valence-corrected chi connectivity index (χ0v) is 22.5. The van der Waals surface area contributed by atoms with Gasteiger partial charge in [0.1, 0.15) is 0 Å². The Balaban J connectivity index is 1.52. The van der Waals surface area contributed by atoms with Crippen LogP contribution in [0.4, 0.5) is 11.5 Å². The molecule has 37 heavy (non-hydrogen) atoms. The lowest BCUT2D eigenvalue weighted by atomic mass is 10.2. The minimum absolute atomic E-state index is 0.290. The quantitative estimate of drug-likeness (QED) is 0.358. The summed E-state index contributed by atoms with van der Waals surface area (Å²) in [5.74, 6) is 0.479. The van der Waals surface area contributed by atoms with Crippen LogP contribution in [0, 0.1) is 13.8 Å². The smallest absolute Gasteiger partial charge is 0.243 e. The lowest BCUT2D eigenvalue weighted by molar-refractivity contribution is 0.0730. The molecule has 3 aromatic rings. The molecule has 2 aromatic heterocycles. The maximum absolute atomic E-state index is 13.5. The SMILES string of the molecule is Cc1cc(/C=N\Nc2ccc(Cl)nn2)c(C)n1-c1cc(S(=O)(=O)N2CCOCC2)ccc1N1CCCC1. The van der Waals surface area contributed by atoms with Crippen molar-refractivity contribution in [3.8, 4) is 5.69 Å². The largest absolute Gasteiger partial charge is 0.379 e. The molecule has 0 atom stereocenters. The van der Waals surface area contributed by atoms with Crippen LogP contribution in [0.3, 0.4) is 0 Å². The van der Waals surface area contributed by atoms with Gasteiger partial charge in [0.15, 0.2) is 11.0 Å². The van der Waals surface area contributed by atoms with Gasteiger partial charge in [0, 0.05) is 43.1 Å². The van der Waals surface area contributed by atoms with E-state index in [0.29, 0.717) is 37.3 Å². The van der Waals surface area contributed by atoms with Gasteiger partial charge in [0.05, 0.1) is 35.7 Å². The summed E-state index contributed by atoms with van der Waals surface area (Å²) in [5, 5.41) is 12.4. The van der Waals surface area contributed by atoms with Gasteiger partial charge >= 0.3 is 0 Å². The predicted molar refractivity (Wildman–Crippen MR) is 145 cm³/mol. The highest BCUT2D eigenvalue weighted by Gasteiger charge is 2.28. The van der Waals surface area contributed by atoms with E-state index in [1.807, 2.05) is 26.0 Å². The van der Waals surface area contributed by atoms with Crippen molar-refractivity contribution in [2.45, 2.75) is 31.6 Å². The van der Waals surface area contributed by atoms with Crippen molar-refractivity contribution in [1.82, 2.24) is 19.1 Å². The van der Waals surface area contributed by atoms with Crippen LogP contribution in [0.15, 0.2) is 46.4 Å². The molecular weight excluding hydrogens is 514 g/mol. The fourth-order valence-electron chi connectivity index (χ4n) is 4.84. The van der Waals surface area contributed by atoms with Gasteiger partial charge in [0.2, 0.25) is 10.0 Å². The zero-order chi connectivity index (χ0) is 26.0. The van der Waals surface area contributed by atoms with E-state index in [9.17, 15) is 8.42 Å². The standard InChI is InChI=1S/C25H30ClN7O3S/c1-18-15-20(17-27-29-25-8-7-24(26)28-30-25)19(2)33(18)23-16-21(5-6-22(23)31-9-3-4-10-31)37(34,35)32-11-13-36-14-12-32/h5-8,15-17H,3-4,9-14H2,1-2H3,(H,29,30)/b27-17-. The molecule has 0 aliphatic carbocycles. The summed E-state index contributed by atoms with van der Waals surface area (Å²) in [6, 6.07) is 10.8. The molecule has 2 saturated heterocycles. The molecule has 196 valence electrons. The van der Waals surface area contributed by atoms with E-state index in [1.165, 1.54) is 4.31 Å².